The van der Waals surface area contributed by atoms with Gasteiger partial charge in [-0.3, -0.25) is 4.99 Å². The highest BCUT2D eigenvalue weighted by Crippen LogP contribution is 2.07. The summed E-state index contributed by atoms with van der Waals surface area (Å²) in [4.78, 5) is 6.37. The summed E-state index contributed by atoms with van der Waals surface area (Å²) in [5.74, 6) is 1.77. The van der Waals surface area contributed by atoms with E-state index in [-0.39, 0.29) is 0 Å². The standard InChI is InChI=1S/C18H31N3O3/c1-19-18(20-11-7-8-13-23-16-15-22-3)21(2)12-14-24-17-9-5-4-6-10-17/h4-6,9-10H,7-8,11-16H2,1-3H3,(H,19,20). The van der Waals surface area contributed by atoms with E-state index >= 15 is 0 Å². The Morgan fingerprint density at radius 3 is 2.58 bits per heavy atom. The lowest BCUT2D eigenvalue weighted by Crippen LogP contribution is -2.41. The summed E-state index contributed by atoms with van der Waals surface area (Å²) in [5, 5.41) is 3.36. The van der Waals surface area contributed by atoms with Gasteiger partial charge in [0.2, 0.25) is 0 Å². The van der Waals surface area contributed by atoms with Crippen molar-refractivity contribution in [1.82, 2.24) is 10.2 Å². The third kappa shape index (κ3) is 9.37. The van der Waals surface area contributed by atoms with E-state index < -0.39 is 0 Å². The van der Waals surface area contributed by atoms with Crippen molar-refractivity contribution >= 4 is 5.96 Å². The Labute approximate surface area is 145 Å². The number of aliphatic imine (C=N–C) groups is 1. The molecule has 6 nitrogen and oxygen atoms in total. The van der Waals surface area contributed by atoms with Crippen molar-refractivity contribution in [2.24, 2.45) is 4.99 Å². The van der Waals surface area contributed by atoms with Crippen LogP contribution in [-0.2, 0) is 9.47 Å². The van der Waals surface area contributed by atoms with Gasteiger partial charge in [-0.2, -0.15) is 0 Å². The van der Waals surface area contributed by atoms with Crippen molar-refractivity contribution in [2.75, 3.05) is 60.7 Å². The first-order valence-corrected chi connectivity index (χ1v) is 8.44. The van der Waals surface area contributed by atoms with E-state index in [1.165, 1.54) is 0 Å². The molecule has 0 aromatic heterocycles. The largest absolute Gasteiger partial charge is 0.492 e. The molecular weight excluding hydrogens is 306 g/mol. The molecule has 136 valence electrons. The molecule has 0 radical (unpaired) electrons. The van der Waals surface area contributed by atoms with E-state index in [2.05, 4.69) is 15.2 Å². The van der Waals surface area contributed by atoms with E-state index in [4.69, 9.17) is 14.2 Å². The minimum atomic E-state index is 0.620. The molecule has 0 fully saturated rings. The number of hydrogen-bond acceptors (Lipinski definition) is 4. The fourth-order valence-corrected chi connectivity index (χ4v) is 2.08. The van der Waals surface area contributed by atoms with Gasteiger partial charge in [0.25, 0.3) is 0 Å². The van der Waals surface area contributed by atoms with Crippen molar-refractivity contribution in [2.45, 2.75) is 12.8 Å². The van der Waals surface area contributed by atoms with Crippen LogP contribution in [0, 0.1) is 0 Å². The molecule has 0 aliphatic rings. The first-order chi connectivity index (χ1) is 11.8. The highest BCUT2D eigenvalue weighted by atomic mass is 16.5. The Balaban J connectivity index is 2.09. The zero-order valence-electron chi connectivity index (χ0n) is 15.2. The fraction of sp³-hybridized carbons (Fsp3) is 0.611. The van der Waals surface area contributed by atoms with Crippen LogP contribution in [0.3, 0.4) is 0 Å². The molecule has 0 aliphatic heterocycles. The fourth-order valence-electron chi connectivity index (χ4n) is 2.08. The molecule has 0 saturated carbocycles. The lowest BCUT2D eigenvalue weighted by molar-refractivity contribution is 0.0689. The third-order valence-corrected chi connectivity index (χ3v) is 3.44. The van der Waals surface area contributed by atoms with Crippen LogP contribution < -0.4 is 10.1 Å². The smallest absolute Gasteiger partial charge is 0.193 e. The first kappa shape index (κ1) is 20.3. The summed E-state index contributed by atoms with van der Waals surface area (Å²) in [7, 11) is 5.49. The van der Waals surface area contributed by atoms with Crippen molar-refractivity contribution in [1.29, 1.82) is 0 Å². The Bertz CT molecular complexity index is 440. The lowest BCUT2D eigenvalue weighted by atomic mass is 10.3. The van der Waals surface area contributed by atoms with Gasteiger partial charge < -0.3 is 24.4 Å². The van der Waals surface area contributed by atoms with E-state index in [1.807, 2.05) is 37.4 Å². The number of para-hydroxylation sites is 1. The molecule has 0 heterocycles. The third-order valence-electron chi connectivity index (χ3n) is 3.44. The molecule has 6 heteroatoms. The molecule has 1 rings (SSSR count). The van der Waals surface area contributed by atoms with Crippen molar-refractivity contribution < 1.29 is 14.2 Å². The van der Waals surface area contributed by atoms with Crippen LogP contribution in [0.15, 0.2) is 35.3 Å². The van der Waals surface area contributed by atoms with E-state index in [0.717, 1.165) is 44.2 Å². The summed E-state index contributed by atoms with van der Waals surface area (Å²) >= 11 is 0. The zero-order valence-corrected chi connectivity index (χ0v) is 15.2. The number of rotatable bonds is 12. The first-order valence-electron chi connectivity index (χ1n) is 8.44. The number of benzene rings is 1. The minimum absolute atomic E-state index is 0.620. The van der Waals surface area contributed by atoms with Crippen molar-refractivity contribution in [3.8, 4) is 5.75 Å². The number of unbranched alkanes of at least 4 members (excludes halogenated alkanes) is 1. The second-order valence-electron chi connectivity index (χ2n) is 5.37. The van der Waals surface area contributed by atoms with Gasteiger partial charge in [-0.25, -0.2) is 0 Å². The second kappa shape index (κ2) is 13.6. The monoisotopic (exact) mass is 337 g/mol. The topological polar surface area (TPSA) is 55.3 Å². The predicted octanol–water partition coefficient (Wildman–Crippen LogP) is 2.02. The maximum atomic E-state index is 5.71. The SMILES string of the molecule is CN=C(NCCCCOCCOC)N(C)CCOc1ccccc1. The van der Waals surface area contributed by atoms with Gasteiger partial charge in [-0.15, -0.1) is 0 Å². The number of likely N-dealkylation sites (N-methyl/N-ethyl adjacent to an activating group) is 1. The number of nitrogens with one attached hydrogen (secondary N) is 1. The average molecular weight is 337 g/mol. The average Bonchev–Trinajstić information content (AvgIpc) is 2.61. The summed E-state index contributed by atoms with van der Waals surface area (Å²) < 4.78 is 16.1. The van der Waals surface area contributed by atoms with Gasteiger partial charge in [0.1, 0.15) is 12.4 Å². The molecule has 1 N–H and O–H groups in total. The van der Waals surface area contributed by atoms with Crippen LogP contribution in [-0.4, -0.2) is 71.6 Å². The van der Waals surface area contributed by atoms with E-state index in [0.29, 0.717) is 19.8 Å². The summed E-state index contributed by atoms with van der Waals surface area (Å²) in [6.45, 7) is 4.36. The van der Waals surface area contributed by atoms with E-state index in [1.54, 1.807) is 14.2 Å². The summed E-state index contributed by atoms with van der Waals surface area (Å²) in [5.41, 5.74) is 0. The highest BCUT2D eigenvalue weighted by molar-refractivity contribution is 5.79. The van der Waals surface area contributed by atoms with Gasteiger partial charge in [0.15, 0.2) is 5.96 Å². The van der Waals surface area contributed by atoms with Gasteiger partial charge in [0.05, 0.1) is 19.8 Å². The molecule has 0 bridgehead atoms. The van der Waals surface area contributed by atoms with Crippen molar-refractivity contribution in [3.05, 3.63) is 30.3 Å². The maximum absolute atomic E-state index is 5.71. The Kier molecular flexibility index (Phi) is 11.5. The quantitative estimate of drug-likeness (QED) is 0.359. The van der Waals surface area contributed by atoms with Crippen LogP contribution >= 0.6 is 0 Å². The molecule has 0 aliphatic carbocycles. The Morgan fingerprint density at radius 1 is 1.08 bits per heavy atom. The van der Waals surface area contributed by atoms with Gasteiger partial charge >= 0.3 is 0 Å². The molecule has 24 heavy (non-hydrogen) atoms. The highest BCUT2D eigenvalue weighted by Gasteiger charge is 2.05. The molecule has 1 aromatic rings. The minimum Gasteiger partial charge on any atom is -0.492 e. The number of hydrogen-bond donors (Lipinski definition) is 1. The van der Waals surface area contributed by atoms with Crippen LogP contribution in [0.1, 0.15) is 12.8 Å². The number of nitrogens with zero attached hydrogens (tertiary/aromatic N) is 2. The lowest BCUT2D eigenvalue weighted by Gasteiger charge is -2.22. The molecule has 0 saturated heterocycles. The van der Waals surface area contributed by atoms with Crippen LogP contribution in [0.2, 0.25) is 0 Å². The molecule has 1 aromatic carbocycles. The van der Waals surface area contributed by atoms with Gasteiger partial charge in [-0.05, 0) is 25.0 Å². The van der Waals surface area contributed by atoms with E-state index in [9.17, 15) is 0 Å². The zero-order chi connectivity index (χ0) is 17.5. The number of ether oxygens (including phenoxy) is 3. The molecular formula is C18H31N3O3. The van der Waals surface area contributed by atoms with Crippen LogP contribution in [0.5, 0.6) is 5.75 Å². The van der Waals surface area contributed by atoms with Gasteiger partial charge in [0, 0.05) is 34.4 Å². The van der Waals surface area contributed by atoms with Crippen LogP contribution in [0.4, 0.5) is 0 Å². The normalized spacial score (nSPS) is 11.4. The van der Waals surface area contributed by atoms with Crippen molar-refractivity contribution in [3.63, 3.8) is 0 Å². The van der Waals surface area contributed by atoms with Gasteiger partial charge in [-0.1, -0.05) is 18.2 Å². The number of methoxy groups -OCH3 is 1. The summed E-state index contributed by atoms with van der Waals surface area (Å²) in [6, 6.07) is 9.84. The Hall–Kier alpha value is -1.79. The molecule has 0 amide bonds. The molecule has 0 spiro atoms. The number of guanidine groups is 1. The maximum Gasteiger partial charge on any atom is 0.193 e. The Morgan fingerprint density at radius 2 is 1.88 bits per heavy atom. The summed E-state index contributed by atoms with van der Waals surface area (Å²) in [6.07, 6.45) is 2.06. The van der Waals surface area contributed by atoms with Crippen LogP contribution in [0.25, 0.3) is 0 Å². The molecule has 0 atom stereocenters. The second-order valence-corrected chi connectivity index (χ2v) is 5.37. The molecule has 0 unspecified atom stereocenters. The predicted molar refractivity (Wildman–Crippen MR) is 97.9 cm³/mol.